The van der Waals surface area contributed by atoms with Gasteiger partial charge in [0.05, 0.1) is 12.1 Å². The molecule has 3 rings (SSSR count). The minimum atomic E-state index is -0.0299. The molecule has 4 nitrogen and oxygen atoms in total. The van der Waals surface area contributed by atoms with Crippen molar-refractivity contribution in [2.24, 2.45) is 0 Å². The van der Waals surface area contributed by atoms with E-state index in [0.29, 0.717) is 11.2 Å². The molecule has 2 heterocycles. The highest BCUT2D eigenvalue weighted by molar-refractivity contribution is 7.17. The van der Waals surface area contributed by atoms with E-state index in [-0.39, 0.29) is 11.1 Å². The van der Waals surface area contributed by atoms with E-state index in [1.54, 1.807) is 0 Å². The molecule has 0 bridgehead atoms. The molecular formula is C11H13N3OS. The zero-order valence-corrected chi connectivity index (χ0v) is 9.86. The Balaban J connectivity index is 1.89. The summed E-state index contributed by atoms with van der Waals surface area (Å²) in [4.78, 5) is 18.9. The highest BCUT2D eigenvalue weighted by atomic mass is 32.1. The van der Waals surface area contributed by atoms with Crippen molar-refractivity contribution in [2.45, 2.75) is 31.8 Å². The summed E-state index contributed by atoms with van der Waals surface area (Å²) in [7, 11) is 0. The zero-order chi connectivity index (χ0) is 11.2. The van der Waals surface area contributed by atoms with Crippen LogP contribution in [0, 0.1) is 0 Å². The molecule has 0 amide bonds. The minimum absolute atomic E-state index is 0.0299. The summed E-state index contributed by atoms with van der Waals surface area (Å²) in [6.07, 6.45) is 2.41. The van der Waals surface area contributed by atoms with Gasteiger partial charge in [-0.3, -0.25) is 4.79 Å². The molecule has 2 aromatic heterocycles. The van der Waals surface area contributed by atoms with Crippen LogP contribution in [0.1, 0.15) is 25.6 Å². The van der Waals surface area contributed by atoms with Gasteiger partial charge >= 0.3 is 0 Å². The van der Waals surface area contributed by atoms with Gasteiger partial charge in [0.2, 0.25) is 0 Å². The van der Waals surface area contributed by atoms with Gasteiger partial charge < -0.3 is 10.3 Å². The molecule has 16 heavy (non-hydrogen) atoms. The van der Waals surface area contributed by atoms with Crippen molar-refractivity contribution in [3.8, 4) is 0 Å². The standard InChI is InChI=1S/C11H13N3OS/c1-11(3-4-11)12-6-8-13-7-2-5-16-9(7)10(15)14-8/h2,5,12H,3-4,6H2,1H3,(H,13,14,15). The summed E-state index contributed by atoms with van der Waals surface area (Å²) in [5.41, 5.74) is 1.03. The molecule has 2 aromatic rings. The van der Waals surface area contributed by atoms with Crippen molar-refractivity contribution in [3.05, 3.63) is 27.6 Å². The average Bonchev–Trinajstić information content (AvgIpc) is 2.79. The summed E-state index contributed by atoms with van der Waals surface area (Å²) in [6, 6.07) is 1.89. The van der Waals surface area contributed by atoms with E-state index in [2.05, 4.69) is 22.2 Å². The first-order chi connectivity index (χ1) is 7.66. The molecule has 0 saturated heterocycles. The largest absolute Gasteiger partial charge is 0.308 e. The van der Waals surface area contributed by atoms with Crippen LogP contribution in [0.25, 0.3) is 10.2 Å². The minimum Gasteiger partial charge on any atom is -0.308 e. The topological polar surface area (TPSA) is 57.8 Å². The predicted molar refractivity (Wildman–Crippen MR) is 64.7 cm³/mol. The van der Waals surface area contributed by atoms with Crippen molar-refractivity contribution in [2.75, 3.05) is 0 Å². The maximum absolute atomic E-state index is 11.7. The Kier molecular flexibility index (Phi) is 2.12. The number of thiophene rings is 1. The number of nitrogens with one attached hydrogen (secondary N) is 2. The smallest absolute Gasteiger partial charge is 0.268 e. The van der Waals surface area contributed by atoms with Crippen molar-refractivity contribution in [1.29, 1.82) is 0 Å². The lowest BCUT2D eigenvalue weighted by Crippen LogP contribution is -2.28. The van der Waals surface area contributed by atoms with E-state index in [1.807, 2.05) is 11.4 Å². The maximum atomic E-state index is 11.7. The van der Waals surface area contributed by atoms with Crippen LogP contribution < -0.4 is 10.9 Å². The summed E-state index contributed by atoms with van der Waals surface area (Å²) in [5.74, 6) is 0.726. The van der Waals surface area contributed by atoms with E-state index in [0.717, 1.165) is 11.3 Å². The van der Waals surface area contributed by atoms with Crippen LogP contribution in [-0.2, 0) is 6.54 Å². The summed E-state index contributed by atoms with van der Waals surface area (Å²) < 4.78 is 0.710. The van der Waals surface area contributed by atoms with E-state index in [9.17, 15) is 4.79 Å². The van der Waals surface area contributed by atoms with Crippen molar-refractivity contribution in [3.63, 3.8) is 0 Å². The van der Waals surface area contributed by atoms with Crippen molar-refractivity contribution in [1.82, 2.24) is 15.3 Å². The number of rotatable bonds is 3. The van der Waals surface area contributed by atoms with Gasteiger partial charge in [0, 0.05) is 5.54 Å². The Morgan fingerprint density at radius 3 is 3.19 bits per heavy atom. The number of nitrogens with zero attached hydrogens (tertiary/aromatic N) is 1. The fraction of sp³-hybridized carbons (Fsp3) is 0.455. The third-order valence-corrected chi connectivity index (χ3v) is 3.95. The monoisotopic (exact) mass is 235 g/mol. The number of H-pyrrole nitrogens is 1. The van der Waals surface area contributed by atoms with E-state index < -0.39 is 0 Å². The van der Waals surface area contributed by atoms with E-state index in [1.165, 1.54) is 24.2 Å². The summed E-state index contributed by atoms with van der Waals surface area (Å²) in [6.45, 7) is 2.83. The number of aromatic nitrogens is 2. The van der Waals surface area contributed by atoms with Crippen LogP contribution in [0.2, 0.25) is 0 Å². The SMILES string of the molecule is CC1(NCc2nc3ccsc3c(=O)[nH]2)CC1. The first-order valence-electron chi connectivity index (χ1n) is 5.38. The highest BCUT2D eigenvalue weighted by Crippen LogP contribution is 2.34. The van der Waals surface area contributed by atoms with Gasteiger partial charge in [-0.1, -0.05) is 0 Å². The van der Waals surface area contributed by atoms with Crippen LogP contribution in [0.15, 0.2) is 16.2 Å². The molecule has 1 saturated carbocycles. The second-order valence-corrected chi connectivity index (χ2v) is 5.48. The van der Waals surface area contributed by atoms with Crippen LogP contribution in [0.3, 0.4) is 0 Å². The Morgan fingerprint density at radius 2 is 2.44 bits per heavy atom. The van der Waals surface area contributed by atoms with Crippen LogP contribution in [0.5, 0.6) is 0 Å². The molecular weight excluding hydrogens is 222 g/mol. The van der Waals surface area contributed by atoms with Crippen molar-refractivity contribution >= 4 is 21.6 Å². The molecule has 1 fully saturated rings. The lowest BCUT2D eigenvalue weighted by atomic mass is 10.3. The molecule has 0 radical (unpaired) electrons. The summed E-state index contributed by atoms with van der Waals surface area (Å²) in [5, 5.41) is 5.30. The molecule has 84 valence electrons. The number of aromatic amines is 1. The average molecular weight is 235 g/mol. The molecule has 2 N–H and O–H groups in total. The first-order valence-corrected chi connectivity index (χ1v) is 6.26. The molecule has 0 aliphatic heterocycles. The third kappa shape index (κ3) is 1.76. The Morgan fingerprint density at radius 1 is 1.62 bits per heavy atom. The van der Waals surface area contributed by atoms with Gasteiger partial charge in [-0.2, -0.15) is 0 Å². The lowest BCUT2D eigenvalue weighted by molar-refractivity contribution is 0.525. The fourth-order valence-corrected chi connectivity index (χ4v) is 2.39. The lowest BCUT2D eigenvalue weighted by Gasteiger charge is -2.10. The summed E-state index contributed by atoms with van der Waals surface area (Å²) >= 11 is 1.43. The van der Waals surface area contributed by atoms with Gasteiger partial charge in [-0.25, -0.2) is 4.98 Å². The quantitative estimate of drug-likeness (QED) is 0.850. The molecule has 0 unspecified atom stereocenters. The second-order valence-electron chi connectivity index (χ2n) is 4.56. The van der Waals surface area contributed by atoms with Crippen LogP contribution in [0.4, 0.5) is 0 Å². The van der Waals surface area contributed by atoms with Gasteiger partial charge in [-0.05, 0) is 31.2 Å². The molecule has 0 aromatic carbocycles. The third-order valence-electron chi connectivity index (χ3n) is 3.05. The van der Waals surface area contributed by atoms with E-state index >= 15 is 0 Å². The molecule has 0 atom stereocenters. The Hall–Kier alpha value is -1.20. The highest BCUT2D eigenvalue weighted by Gasteiger charge is 2.36. The van der Waals surface area contributed by atoms with Gasteiger partial charge in [0.15, 0.2) is 0 Å². The number of hydrogen-bond acceptors (Lipinski definition) is 4. The van der Waals surface area contributed by atoms with Gasteiger partial charge in [0.1, 0.15) is 10.5 Å². The maximum Gasteiger partial charge on any atom is 0.268 e. The van der Waals surface area contributed by atoms with Crippen molar-refractivity contribution < 1.29 is 0 Å². The number of hydrogen-bond donors (Lipinski definition) is 2. The molecule has 1 aliphatic carbocycles. The Labute approximate surface area is 96.7 Å². The normalized spacial score (nSPS) is 17.8. The Bertz CT molecular complexity index is 582. The van der Waals surface area contributed by atoms with Gasteiger partial charge in [-0.15, -0.1) is 11.3 Å². The van der Waals surface area contributed by atoms with Crippen LogP contribution >= 0.6 is 11.3 Å². The fourth-order valence-electron chi connectivity index (χ4n) is 1.67. The molecule has 1 aliphatic rings. The zero-order valence-electron chi connectivity index (χ0n) is 9.04. The van der Waals surface area contributed by atoms with E-state index in [4.69, 9.17) is 0 Å². The first kappa shape index (κ1) is 9.99. The predicted octanol–water partition coefficient (Wildman–Crippen LogP) is 1.63. The second kappa shape index (κ2) is 3.40. The number of fused-ring (bicyclic) bond motifs is 1. The molecule has 5 heteroatoms. The van der Waals surface area contributed by atoms with Gasteiger partial charge in [0.25, 0.3) is 5.56 Å². The molecule has 0 spiro atoms. The van der Waals surface area contributed by atoms with Crippen LogP contribution in [-0.4, -0.2) is 15.5 Å².